The van der Waals surface area contributed by atoms with Gasteiger partial charge in [0.25, 0.3) is 0 Å². The third-order valence-corrected chi connectivity index (χ3v) is 4.95. The summed E-state index contributed by atoms with van der Waals surface area (Å²) in [6.07, 6.45) is 1.02. The molecular weight excluding hydrogens is 332 g/mol. The minimum absolute atomic E-state index is 0.175. The normalized spacial score (nSPS) is 17.0. The van der Waals surface area contributed by atoms with Crippen LogP contribution >= 0.6 is 11.6 Å². The van der Waals surface area contributed by atoms with E-state index in [2.05, 4.69) is 60.5 Å². The van der Waals surface area contributed by atoms with Gasteiger partial charge < -0.3 is 15.0 Å². The zero-order chi connectivity index (χ0) is 17.4. The van der Waals surface area contributed by atoms with Gasteiger partial charge in [0.15, 0.2) is 0 Å². The molecular formula is C21H23ClN2O. The number of hydrogen-bond donors (Lipinski definition) is 2. The average Bonchev–Trinajstić information content (AvgIpc) is 2.98. The van der Waals surface area contributed by atoms with Crippen molar-refractivity contribution in [2.24, 2.45) is 5.92 Å². The number of ether oxygens (including phenoxy) is 1. The molecule has 4 rings (SSSR count). The third kappa shape index (κ3) is 3.26. The van der Waals surface area contributed by atoms with Crippen molar-refractivity contribution in [2.45, 2.75) is 26.3 Å². The summed E-state index contributed by atoms with van der Waals surface area (Å²) in [5, 5.41) is 5.66. The molecule has 2 N–H and O–H groups in total. The van der Waals surface area contributed by atoms with Gasteiger partial charge in [-0.15, -0.1) is 0 Å². The second-order valence-corrected chi connectivity index (χ2v) is 7.55. The fourth-order valence-electron chi connectivity index (χ4n) is 3.50. The van der Waals surface area contributed by atoms with Crippen molar-refractivity contribution in [1.82, 2.24) is 10.3 Å². The molecule has 0 fully saturated rings. The van der Waals surface area contributed by atoms with E-state index in [0.29, 0.717) is 5.92 Å². The van der Waals surface area contributed by atoms with Gasteiger partial charge in [-0.1, -0.05) is 37.6 Å². The lowest BCUT2D eigenvalue weighted by atomic mass is 9.94. The molecule has 130 valence electrons. The van der Waals surface area contributed by atoms with Crippen molar-refractivity contribution in [3.8, 4) is 5.75 Å². The molecule has 3 aromatic rings. The highest BCUT2D eigenvalue weighted by Crippen LogP contribution is 2.35. The molecule has 1 aliphatic rings. The molecule has 25 heavy (non-hydrogen) atoms. The summed E-state index contributed by atoms with van der Waals surface area (Å²) < 4.78 is 5.80. The second kappa shape index (κ2) is 6.74. The highest BCUT2D eigenvalue weighted by Gasteiger charge is 2.25. The molecule has 1 aromatic heterocycles. The van der Waals surface area contributed by atoms with Gasteiger partial charge in [-0.3, -0.25) is 0 Å². The van der Waals surface area contributed by atoms with Crippen LogP contribution in [-0.4, -0.2) is 18.1 Å². The molecule has 1 aliphatic heterocycles. The standard InChI is InChI=1S/C21H23ClN2O/c1-13(2)12-25-16-6-3-14(4-7-16)20-21-17(9-10-23-20)18-11-15(22)5-8-19(18)24-21/h3-8,11,13,20,23-24H,9-10,12H2,1-2H3. The van der Waals surface area contributed by atoms with E-state index in [4.69, 9.17) is 16.3 Å². The number of halogens is 1. The fraction of sp³-hybridized carbons (Fsp3) is 0.333. The highest BCUT2D eigenvalue weighted by molar-refractivity contribution is 6.31. The fourth-order valence-corrected chi connectivity index (χ4v) is 3.68. The number of benzene rings is 2. The maximum absolute atomic E-state index is 6.20. The number of hydrogen-bond acceptors (Lipinski definition) is 2. The highest BCUT2D eigenvalue weighted by atomic mass is 35.5. The van der Waals surface area contributed by atoms with Crippen LogP contribution in [-0.2, 0) is 6.42 Å². The van der Waals surface area contributed by atoms with E-state index in [1.165, 1.54) is 22.2 Å². The molecule has 0 amide bonds. The Kier molecular flexibility index (Phi) is 4.45. The van der Waals surface area contributed by atoms with Crippen LogP contribution in [0.25, 0.3) is 10.9 Å². The number of nitrogens with one attached hydrogen (secondary N) is 2. The molecule has 0 spiro atoms. The molecule has 1 atom stereocenters. The summed E-state index contributed by atoms with van der Waals surface area (Å²) in [7, 11) is 0. The average molecular weight is 355 g/mol. The summed E-state index contributed by atoms with van der Waals surface area (Å²) in [4.78, 5) is 3.59. The number of aromatic nitrogens is 1. The number of fused-ring (bicyclic) bond motifs is 3. The van der Waals surface area contributed by atoms with Gasteiger partial charge in [0.2, 0.25) is 0 Å². The topological polar surface area (TPSA) is 37.0 Å². The van der Waals surface area contributed by atoms with Crippen LogP contribution < -0.4 is 10.1 Å². The summed E-state index contributed by atoms with van der Waals surface area (Å²) in [6, 6.07) is 14.7. The van der Waals surface area contributed by atoms with E-state index in [1.807, 2.05) is 6.07 Å². The second-order valence-electron chi connectivity index (χ2n) is 7.12. The van der Waals surface area contributed by atoms with Gasteiger partial charge in [0.1, 0.15) is 5.75 Å². The van der Waals surface area contributed by atoms with Crippen molar-refractivity contribution < 1.29 is 4.74 Å². The van der Waals surface area contributed by atoms with Crippen LogP contribution in [0.4, 0.5) is 0 Å². The molecule has 0 saturated carbocycles. The van der Waals surface area contributed by atoms with Gasteiger partial charge in [-0.2, -0.15) is 0 Å². The molecule has 3 nitrogen and oxygen atoms in total. The van der Waals surface area contributed by atoms with E-state index in [1.54, 1.807) is 0 Å². The molecule has 1 unspecified atom stereocenters. The number of H-pyrrole nitrogens is 1. The van der Waals surface area contributed by atoms with Gasteiger partial charge in [0, 0.05) is 28.2 Å². The van der Waals surface area contributed by atoms with Crippen molar-refractivity contribution >= 4 is 22.5 Å². The molecule has 2 heterocycles. The summed E-state index contributed by atoms with van der Waals surface area (Å²) >= 11 is 6.20. The predicted octanol–water partition coefficient (Wildman–Crippen LogP) is 5.09. The Bertz CT molecular complexity index is 883. The zero-order valence-corrected chi connectivity index (χ0v) is 15.4. The van der Waals surface area contributed by atoms with E-state index in [9.17, 15) is 0 Å². The van der Waals surface area contributed by atoms with Crippen LogP contribution in [0.3, 0.4) is 0 Å². The minimum atomic E-state index is 0.175. The number of aromatic amines is 1. The largest absolute Gasteiger partial charge is 0.493 e. The zero-order valence-electron chi connectivity index (χ0n) is 14.6. The van der Waals surface area contributed by atoms with Crippen LogP contribution in [0, 0.1) is 5.92 Å². The van der Waals surface area contributed by atoms with Crippen molar-refractivity contribution in [3.63, 3.8) is 0 Å². The number of rotatable bonds is 4. The Morgan fingerprint density at radius 2 is 1.96 bits per heavy atom. The molecule has 0 saturated heterocycles. The van der Waals surface area contributed by atoms with Crippen LogP contribution in [0.1, 0.15) is 36.7 Å². The Hall–Kier alpha value is -1.97. The van der Waals surface area contributed by atoms with Gasteiger partial charge >= 0.3 is 0 Å². The first-order valence-electron chi connectivity index (χ1n) is 8.88. The van der Waals surface area contributed by atoms with Crippen molar-refractivity contribution in [1.29, 1.82) is 0 Å². The lowest BCUT2D eigenvalue weighted by Crippen LogP contribution is -2.30. The van der Waals surface area contributed by atoms with E-state index in [0.717, 1.165) is 35.9 Å². The maximum Gasteiger partial charge on any atom is 0.119 e. The first kappa shape index (κ1) is 16.5. The molecule has 0 bridgehead atoms. The van der Waals surface area contributed by atoms with E-state index >= 15 is 0 Å². The van der Waals surface area contributed by atoms with E-state index in [-0.39, 0.29) is 6.04 Å². The quantitative estimate of drug-likeness (QED) is 0.684. The SMILES string of the molecule is CC(C)COc1ccc(C2NCCc3c2[nH]c2ccc(Cl)cc32)cc1. The summed E-state index contributed by atoms with van der Waals surface area (Å²) in [5.74, 6) is 1.46. The van der Waals surface area contributed by atoms with Gasteiger partial charge in [0.05, 0.1) is 12.6 Å². The molecule has 2 aromatic carbocycles. The Balaban J connectivity index is 1.65. The smallest absolute Gasteiger partial charge is 0.119 e. The third-order valence-electron chi connectivity index (χ3n) is 4.71. The Labute approximate surface area is 153 Å². The van der Waals surface area contributed by atoms with Crippen molar-refractivity contribution in [3.05, 3.63) is 64.3 Å². The Morgan fingerprint density at radius 3 is 2.72 bits per heavy atom. The molecule has 0 radical (unpaired) electrons. The van der Waals surface area contributed by atoms with Gasteiger partial charge in [-0.05, 0) is 53.8 Å². The first-order chi connectivity index (χ1) is 12.1. The van der Waals surface area contributed by atoms with Crippen molar-refractivity contribution in [2.75, 3.05) is 13.2 Å². The predicted molar refractivity (Wildman–Crippen MR) is 104 cm³/mol. The summed E-state index contributed by atoms with van der Waals surface area (Å²) in [5.41, 5.74) is 5.02. The maximum atomic E-state index is 6.20. The van der Waals surface area contributed by atoms with Crippen LogP contribution in [0.2, 0.25) is 5.02 Å². The molecule has 0 aliphatic carbocycles. The first-order valence-corrected chi connectivity index (χ1v) is 9.26. The Morgan fingerprint density at radius 1 is 1.16 bits per heavy atom. The minimum Gasteiger partial charge on any atom is -0.493 e. The van der Waals surface area contributed by atoms with E-state index < -0.39 is 0 Å². The lowest BCUT2D eigenvalue weighted by molar-refractivity contribution is 0.271. The summed E-state index contributed by atoms with van der Waals surface area (Å²) in [6.45, 7) is 6.02. The lowest BCUT2D eigenvalue weighted by Gasteiger charge is -2.25. The van der Waals surface area contributed by atoms with Crippen LogP contribution in [0.15, 0.2) is 42.5 Å². The van der Waals surface area contributed by atoms with Gasteiger partial charge in [-0.25, -0.2) is 0 Å². The molecule has 4 heteroatoms. The monoisotopic (exact) mass is 354 g/mol. The van der Waals surface area contributed by atoms with Crippen LogP contribution in [0.5, 0.6) is 5.75 Å².